The van der Waals surface area contributed by atoms with Gasteiger partial charge in [-0.15, -0.1) is 0 Å². The average molecular weight is 729 g/mol. The molecule has 1 amide bonds. The number of nitrogens with zero attached hydrogens (tertiary/aromatic N) is 1. The van der Waals surface area contributed by atoms with Gasteiger partial charge >= 0.3 is 6.18 Å². The van der Waals surface area contributed by atoms with E-state index in [1.165, 1.54) is 23.7 Å². The lowest BCUT2D eigenvalue weighted by molar-refractivity contribution is -0.137. The maximum absolute atomic E-state index is 13.9. The largest absolute Gasteiger partial charge is 0.478 e. The molecule has 50 heavy (non-hydrogen) atoms. The summed E-state index contributed by atoms with van der Waals surface area (Å²) in [6, 6.07) is 24.9. The zero-order chi connectivity index (χ0) is 36.5. The van der Waals surface area contributed by atoms with Crippen molar-refractivity contribution in [3.05, 3.63) is 114 Å². The van der Waals surface area contributed by atoms with Crippen LogP contribution >= 0.6 is 0 Å². The Morgan fingerprint density at radius 2 is 1.50 bits per heavy atom. The number of halogens is 3. The third-order valence-electron chi connectivity index (χ3n) is 8.71. The van der Waals surface area contributed by atoms with Gasteiger partial charge in [0.25, 0.3) is 15.9 Å². The van der Waals surface area contributed by atoms with E-state index in [-0.39, 0.29) is 23.1 Å². The van der Waals surface area contributed by atoms with E-state index in [0.29, 0.717) is 31.4 Å². The molecular formula is C37H39F3N2O6S2. The Balaban J connectivity index is 1.29. The molecule has 1 unspecified atom stereocenters. The molecule has 0 radical (unpaired) electrons. The number of carbonyl (C=O) groups excluding carboxylic acids is 1. The Bertz CT molecular complexity index is 2080. The minimum absolute atomic E-state index is 0.188. The Hall–Kier alpha value is -4.20. The molecule has 0 saturated carbocycles. The molecule has 8 nitrogen and oxygen atoms in total. The highest BCUT2D eigenvalue weighted by Gasteiger charge is 2.36. The van der Waals surface area contributed by atoms with E-state index in [1.807, 2.05) is 41.1 Å². The summed E-state index contributed by atoms with van der Waals surface area (Å²) in [6.45, 7) is 7.47. The van der Waals surface area contributed by atoms with Crippen molar-refractivity contribution in [2.45, 2.75) is 73.9 Å². The highest BCUT2D eigenvalue weighted by molar-refractivity contribution is 7.90. The summed E-state index contributed by atoms with van der Waals surface area (Å²) >= 11 is 0. The molecule has 1 heterocycles. The van der Waals surface area contributed by atoms with Crippen molar-refractivity contribution in [3.8, 4) is 16.9 Å². The third-order valence-corrected chi connectivity index (χ3v) is 11.9. The van der Waals surface area contributed by atoms with Crippen LogP contribution in [-0.4, -0.2) is 45.7 Å². The molecule has 0 aliphatic carbocycles. The molecule has 1 aliphatic rings. The summed E-state index contributed by atoms with van der Waals surface area (Å²) in [5.74, 6) is -0.665. The van der Waals surface area contributed by atoms with Gasteiger partial charge in [-0.05, 0) is 103 Å². The second kappa shape index (κ2) is 14.2. The molecule has 4 aromatic carbocycles. The van der Waals surface area contributed by atoms with Crippen LogP contribution in [-0.2, 0) is 31.0 Å². The number of rotatable bonds is 10. The number of carbonyl (C=O) groups is 1. The van der Waals surface area contributed by atoms with E-state index in [2.05, 4.69) is 13.8 Å². The second-order valence-electron chi connectivity index (χ2n) is 13.2. The van der Waals surface area contributed by atoms with E-state index in [0.717, 1.165) is 34.9 Å². The molecular weight excluding hydrogens is 690 g/mol. The Labute approximate surface area is 291 Å². The van der Waals surface area contributed by atoms with E-state index in [9.17, 15) is 34.8 Å². The van der Waals surface area contributed by atoms with Crippen LogP contribution in [0.1, 0.15) is 69.1 Å². The van der Waals surface area contributed by atoms with Crippen LogP contribution in [0.5, 0.6) is 5.75 Å². The van der Waals surface area contributed by atoms with Gasteiger partial charge in [-0.3, -0.25) is 4.79 Å². The van der Waals surface area contributed by atoms with E-state index < -0.39 is 48.2 Å². The molecule has 1 saturated heterocycles. The lowest BCUT2D eigenvalue weighted by Crippen LogP contribution is -2.48. The number of sulfonamides is 2. The normalized spacial score (nSPS) is 16.3. The highest BCUT2D eigenvalue weighted by Crippen LogP contribution is 2.34. The first-order valence-corrected chi connectivity index (χ1v) is 19.0. The quantitative estimate of drug-likeness (QED) is 0.179. The molecule has 0 bridgehead atoms. The molecule has 13 heteroatoms. The molecule has 4 aromatic rings. The van der Waals surface area contributed by atoms with E-state index in [4.69, 9.17) is 4.74 Å². The maximum atomic E-state index is 13.9. The first-order valence-electron chi connectivity index (χ1n) is 16.1. The van der Waals surface area contributed by atoms with Gasteiger partial charge in [0, 0.05) is 13.1 Å². The highest BCUT2D eigenvalue weighted by atomic mass is 32.2. The van der Waals surface area contributed by atoms with Crippen LogP contribution in [0.25, 0.3) is 11.1 Å². The topological polar surface area (TPSA) is 110 Å². The number of hydrogen-bond acceptors (Lipinski definition) is 6. The maximum Gasteiger partial charge on any atom is 0.416 e. The van der Waals surface area contributed by atoms with Gasteiger partial charge in [0.2, 0.25) is 10.0 Å². The molecule has 1 aliphatic heterocycles. The number of amides is 1. The number of hydrogen-bond donors (Lipinski definition) is 1. The average Bonchev–Trinajstić information content (AvgIpc) is 3.08. The Morgan fingerprint density at radius 3 is 2.18 bits per heavy atom. The fourth-order valence-electron chi connectivity index (χ4n) is 5.79. The van der Waals surface area contributed by atoms with Crippen LogP contribution in [0.2, 0.25) is 0 Å². The van der Waals surface area contributed by atoms with E-state index >= 15 is 0 Å². The van der Waals surface area contributed by atoms with Gasteiger partial charge < -0.3 is 4.74 Å². The molecule has 1 fully saturated rings. The predicted octanol–water partition coefficient (Wildman–Crippen LogP) is 7.73. The van der Waals surface area contributed by atoms with Crippen molar-refractivity contribution in [2.75, 3.05) is 13.1 Å². The van der Waals surface area contributed by atoms with Crippen molar-refractivity contribution < 1.29 is 39.5 Å². The van der Waals surface area contributed by atoms with Crippen molar-refractivity contribution in [1.82, 2.24) is 9.03 Å². The first kappa shape index (κ1) is 37.1. The summed E-state index contributed by atoms with van der Waals surface area (Å²) in [5, 5.41) is 0. The SMILES string of the molecule is CC(C)c1ccc(-c2cccc(S(=O)(=O)N3CCCC(c4cccc(OC(C)(C)C(=O)NS(=O)(=O)c5cccc(C(F)(F)F)c5)c4)C3)c2)cc1. The van der Waals surface area contributed by atoms with Gasteiger partial charge in [0.1, 0.15) is 5.75 Å². The van der Waals surface area contributed by atoms with Gasteiger partial charge in [0.15, 0.2) is 5.60 Å². The number of nitrogens with one attached hydrogen (secondary N) is 1. The number of alkyl halides is 3. The van der Waals surface area contributed by atoms with Gasteiger partial charge in [-0.25, -0.2) is 21.6 Å². The fourth-order valence-corrected chi connectivity index (χ4v) is 8.51. The minimum atomic E-state index is -4.77. The van der Waals surface area contributed by atoms with Crippen LogP contribution in [0, 0.1) is 0 Å². The first-order chi connectivity index (χ1) is 23.4. The molecule has 1 atom stereocenters. The zero-order valence-corrected chi connectivity index (χ0v) is 29.7. The van der Waals surface area contributed by atoms with Crippen molar-refractivity contribution >= 4 is 26.0 Å². The lowest BCUT2D eigenvalue weighted by Gasteiger charge is -2.32. The van der Waals surface area contributed by atoms with Crippen LogP contribution in [0.15, 0.2) is 107 Å². The molecule has 0 aromatic heterocycles. The molecule has 266 valence electrons. The van der Waals surface area contributed by atoms with Crippen molar-refractivity contribution in [1.29, 1.82) is 0 Å². The zero-order valence-electron chi connectivity index (χ0n) is 28.1. The predicted molar refractivity (Wildman–Crippen MR) is 185 cm³/mol. The lowest BCUT2D eigenvalue weighted by atomic mass is 9.91. The second-order valence-corrected chi connectivity index (χ2v) is 16.8. The Morgan fingerprint density at radius 1 is 0.840 bits per heavy atom. The summed E-state index contributed by atoms with van der Waals surface area (Å²) in [5.41, 5.74) is 0.762. The number of benzene rings is 4. The fraction of sp³-hybridized carbons (Fsp3) is 0.324. The summed E-state index contributed by atoms with van der Waals surface area (Å²) in [4.78, 5) is 12.5. The Kier molecular flexibility index (Phi) is 10.5. The number of ether oxygens (including phenoxy) is 1. The standard InChI is InChI=1S/C37H39F3N2O6S2/c1-25(2)26-16-18-27(19-17-26)29-10-6-15-34(22-29)50(46,47)42-20-8-11-30(24-42)28-9-5-13-32(21-28)48-36(3,4)35(43)41-49(44,45)33-14-7-12-31(23-33)37(38,39)40/h5-7,9-10,12-19,21-23,25,30H,8,11,20,24H2,1-4H3,(H,41,43). The summed E-state index contributed by atoms with van der Waals surface area (Å²) in [6.07, 6.45) is -3.45. The molecule has 5 rings (SSSR count). The third kappa shape index (κ3) is 8.39. The summed E-state index contributed by atoms with van der Waals surface area (Å²) in [7, 11) is -8.48. The van der Waals surface area contributed by atoms with Crippen LogP contribution < -0.4 is 9.46 Å². The van der Waals surface area contributed by atoms with Crippen molar-refractivity contribution in [3.63, 3.8) is 0 Å². The van der Waals surface area contributed by atoms with Gasteiger partial charge in [0.05, 0.1) is 15.4 Å². The monoisotopic (exact) mass is 728 g/mol. The summed E-state index contributed by atoms with van der Waals surface area (Å²) < 4.78 is 102. The van der Waals surface area contributed by atoms with Gasteiger partial charge in [-0.2, -0.15) is 17.5 Å². The van der Waals surface area contributed by atoms with E-state index in [1.54, 1.807) is 36.4 Å². The molecule has 1 N–H and O–H groups in total. The van der Waals surface area contributed by atoms with Crippen LogP contribution in [0.4, 0.5) is 13.2 Å². The number of piperidine rings is 1. The van der Waals surface area contributed by atoms with Gasteiger partial charge in [-0.1, -0.05) is 68.4 Å². The van der Waals surface area contributed by atoms with Crippen molar-refractivity contribution in [2.24, 2.45) is 0 Å². The smallest absolute Gasteiger partial charge is 0.416 e. The molecule has 0 spiro atoms. The van der Waals surface area contributed by atoms with Crippen LogP contribution in [0.3, 0.4) is 0 Å². The minimum Gasteiger partial charge on any atom is -0.478 e.